The van der Waals surface area contributed by atoms with Crippen LogP contribution in [0.3, 0.4) is 0 Å². The van der Waals surface area contributed by atoms with Crippen LogP contribution in [0.4, 0.5) is 14.5 Å². The van der Waals surface area contributed by atoms with Gasteiger partial charge in [-0.25, -0.2) is 8.78 Å². The fourth-order valence-corrected chi connectivity index (χ4v) is 4.47. The van der Waals surface area contributed by atoms with Crippen molar-refractivity contribution in [2.45, 2.75) is 44.6 Å². The molecule has 0 unspecified atom stereocenters. The largest absolute Gasteiger partial charge is 0.324 e. The number of fused-ring (bicyclic) bond motifs is 1. The first-order chi connectivity index (χ1) is 14.0. The molecule has 152 valence electrons. The first-order valence-corrected chi connectivity index (χ1v) is 10.2. The topological polar surface area (TPSA) is 49.4 Å². The molecule has 0 spiro atoms. The van der Waals surface area contributed by atoms with Crippen LogP contribution in [0.1, 0.15) is 55.7 Å². The van der Waals surface area contributed by atoms with Crippen LogP contribution in [0, 0.1) is 17.6 Å². The number of hydrogen-bond donors (Lipinski definition) is 1. The highest BCUT2D eigenvalue weighted by Gasteiger charge is 2.34. The summed E-state index contributed by atoms with van der Waals surface area (Å²) in [6.07, 6.45) is 5.83. The van der Waals surface area contributed by atoms with Gasteiger partial charge in [-0.3, -0.25) is 9.59 Å². The van der Waals surface area contributed by atoms with Gasteiger partial charge in [0.2, 0.25) is 11.8 Å². The highest BCUT2D eigenvalue weighted by Crippen LogP contribution is 2.37. The molecule has 2 aromatic rings. The van der Waals surface area contributed by atoms with Gasteiger partial charge < -0.3 is 10.2 Å². The lowest BCUT2D eigenvalue weighted by Crippen LogP contribution is -2.39. The molecule has 29 heavy (non-hydrogen) atoms. The Morgan fingerprint density at radius 3 is 2.41 bits per heavy atom. The molecule has 0 bridgehead atoms. The normalized spacial score (nSPS) is 20.0. The van der Waals surface area contributed by atoms with E-state index in [1.807, 2.05) is 0 Å². The highest BCUT2D eigenvalue weighted by atomic mass is 19.1. The van der Waals surface area contributed by atoms with Crippen LogP contribution in [0.5, 0.6) is 0 Å². The minimum absolute atomic E-state index is 0.121. The summed E-state index contributed by atoms with van der Waals surface area (Å²) in [7, 11) is 0. The summed E-state index contributed by atoms with van der Waals surface area (Å²) >= 11 is 0. The zero-order valence-electron chi connectivity index (χ0n) is 16.2. The Hall–Kier alpha value is -2.76. The molecule has 4 nitrogen and oxygen atoms in total. The minimum Gasteiger partial charge on any atom is -0.324 e. The fraction of sp³-hybridized carbons (Fsp3) is 0.391. The van der Waals surface area contributed by atoms with E-state index >= 15 is 0 Å². The van der Waals surface area contributed by atoms with Crippen molar-refractivity contribution in [3.05, 3.63) is 65.2 Å². The number of hydrogen-bond acceptors (Lipinski definition) is 2. The molecule has 1 saturated carbocycles. The third-order valence-corrected chi connectivity index (χ3v) is 5.90. The maximum atomic E-state index is 14.1. The van der Waals surface area contributed by atoms with Crippen molar-refractivity contribution in [2.24, 2.45) is 5.92 Å². The molecule has 2 aromatic carbocycles. The second-order valence-electron chi connectivity index (χ2n) is 7.96. The van der Waals surface area contributed by atoms with Gasteiger partial charge in [0.1, 0.15) is 18.2 Å². The van der Waals surface area contributed by atoms with Crippen molar-refractivity contribution >= 4 is 17.5 Å². The molecular formula is C23H24F2N2O2. The molecule has 0 radical (unpaired) electrons. The lowest BCUT2D eigenvalue weighted by atomic mass is 9.86. The second kappa shape index (κ2) is 8.31. The van der Waals surface area contributed by atoms with E-state index in [2.05, 4.69) is 5.32 Å². The standard InChI is InChI=1S/C23H24F2N2O2/c24-17-8-6-16(7-9-17)23-19-13-18(25)10-11-20(19)26-21(28)14-27(23)22(29)12-15-4-2-1-3-5-15/h6-11,13,15,23H,1-5,12,14H2,(H,26,28)/t23-/m0/s1. The van der Waals surface area contributed by atoms with Crippen LogP contribution < -0.4 is 5.32 Å². The lowest BCUT2D eigenvalue weighted by molar-refractivity contribution is -0.137. The molecule has 1 aliphatic heterocycles. The van der Waals surface area contributed by atoms with Gasteiger partial charge in [-0.05, 0) is 54.7 Å². The Morgan fingerprint density at radius 2 is 1.69 bits per heavy atom. The number of nitrogens with zero attached hydrogens (tertiary/aromatic N) is 1. The Bertz CT molecular complexity index is 908. The molecule has 0 aromatic heterocycles. The number of benzene rings is 2. The van der Waals surface area contributed by atoms with Gasteiger partial charge in [0.15, 0.2) is 0 Å². The first-order valence-electron chi connectivity index (χ1n) is 10.2. The van der Waals surface area contributed by atoms with E-state index in [9.17, 15) is 18.4 Å². The van der Waals surface area contributed by atoms with Crippen LogP contribution in [-0.2, 0) is 9.59 Å². The average Bonchev–Trinajstić information content (AvgIpc) is 2.85. The highest BCUT2D eigenvalue weighted by molar-refractivity contribution is 5.97. The third kappa shape index (κ3) is 4.31. The zero-order chi connectivity index (χ0) is 20.4. The number of rotatable bonds is 3. The third-order valence-electron chi connectivity index (χ3n) is 5.90. The van der Waals surface area contributed by atoms with Gasteiger partial charge in [-0.1, -0.05) is 31.4 Å². The quantitative estimate of drug-likeness (QED) is 0.807. The van der Waals surface area contributed by atoms with Crippen molar-refractivity contribution in [1.82, 2.24) is 4.90 Å². The van der Waals surface area contributed by atoms with Crippen molar-refractivity contribution in [3.8, 4) is 0 Å². The number of anilines is 1. The number of amides is 2. The molecule has 1 heterocycles. The van der Waals surface area contributed by atoms with Crippen LogP contribution in [0.2, 0.25) is 0 Å². The smallest absolute Gasteiger partial charge is 0.244 e. The Balaban J connectivity index is 1.74. The van der Waals surface area contributed by atoms with E-state index in [4.69, 9.17) is 0 Å². The molecule has 1 atom stereocenters. The molecular weight excluding hydrogens is 374 g/mol. The zero-order valence-corrected chi connectivity index (χ0v) is 16.2. The van der Waals surface area contributed by atoms with Crippen LogP contribution in [0.15, 0.2) is 42.5 Å². The second-order valence-corrected chi connectivity index (χ2v) is 7.96. The van der Waals surface area contributed by atoms with E-state index in [1.54, 1.807) is 12.1 Å². The van der Waals surface area contributed by atoms with Gasteiger partial charge in [0.05, 0.1) is 6.04 Å². The van der Waals surface area contributed by atoms with Gasteiger partial charge in [-0.15, -0.1) is 0 Å². The number of nitrogens with one attached hydrogen (secondary N) is 1. The van der Waals surface area contributed by atoms with E-state index in [-0.39, 0.29) is 18.4 Å². The van der Waals surface area contributed by atoms with E-state index in [0.717, 1.165) is 25.7 Å². The molecule has 1 aliphatic carbocycles. The minimum atomic E-state index is -0.656. The van der Waals surface area contributed by atoms with E-state index in [0.29, 0.717) is 29.2 Å². The average molecular weight is 398 g/mol. The summed E-state index contributed by atoms with van der Waals surface area (Å²) in [5, 5.41) is 2.78. The van der Waals surface area contributed by atoms with Crippen molar-refractivity contribution in [3.63, 3.8) is 0 Å². The first kappa shape index (κ1) is 19.6. The number of carbonyl (C=O) groups is 2. The van der Waals surface area contributed by atoms with Crippen LogP contribution in [-0.4, -0.2) is 23.3 Å². The molecule has 1 N–H and O–H groups in total. The summed E-state index contributed by atoms with van der Waals surface area (Å²) < 4.78 is 27.6. The Labute approximate surface area is 168 Å². The van der Waals surface area contributed by atoms with Gasteiger partial charge in [0, 0.05) is 17.7 Å². The molecule has 0 saturated heterocycles. The maximum Gasteiger partial charge on any atom is 0.244 e. The van der Waals surface area contributed by atoms with Crippen molar-refractivity contribution in [1.29, 1.82) is 0 Å². The van der Waals surface area contributed by atoms with E-state index < -0.39 is 17.7 Å². The molecule has 6 heteroatoms. The molecule has 2 amide bonds. The summed E-state index contributed by atoms with van der Waals surface area (Å²) in [5.41, 5.74) is 1.62. The fourth-order valence-electron chi connectivity index (χ4n) is 4.47. The molecule has 4 rings (SSSR count). The SMILES string of the molecule is O=C1CN(C(=O)CC2CCCCC2)[C@@H](c2ccc(F)cc2)c2cc(F)ccc2N1. The van der Waals surface area contributed by atoms with Gasteiger partial charge >= 0.3 is 0 Å². The van der Waals surface area contributed by atoms with Crippen LogP contribution >= 0.6 is 0 Å². The van der Waals surface area contributed by atoms with Crippen LogP contribution in [0.25, 0.3) is 0 Å². The van der Waals surface area contributed by atoms with Crippen molar-refractivity contribution < 1.29 is 18.4 Å². The van der Waals surface area contributed by atoms with Gasteiger partial charge in [0.25, 0.3) is 0 Å². The summed E-state index contributed by atoms with van der Waals surface area (Å²) in [5.74, 6) is -0.982. The summed E-state index contributed by atoms with van der Waals surface area (Å²) in [6.45, 7) is -0.121. The summed E-state index contributed by atoms with van der Waals surface area (Å²) in [4.78, 5) is 27.3. The number of carbonyl (C=O) groups excluding carboxylic acids is 2. The monoisotopic (exact) mass is 398 g/mol. The molecule has 1 fully saturated rings. The lowest BCUT2D eigenvalue weighted by Gasteiger charge is -2.32. The van der Waals surface area contributed by atoms with Gasteiger partial charge in [-0.2, -0.15) is 0 Å². The Kier molecular flexibility index (Phi) is 5.60. The van der Waals surface area contributed by atoms with E-state index in [1.165, 1.54) is 41.7 Å². The summed E-state index contributed by atoms with van der Waals surface area (Å²) in [6, 6.07) is 9.29. The number of halogens is 2. The molecule has 2 aliphatic rings. The Morgan fingerprint density at radius 1 is 1.00 bits per heavy atom. The van der Waals surface area contributed by atoms with Crippen molar-refractivity contribution in [2.75, 3.05) is 11.9 Å². The predicted octanol–water partition coefficient (Wildman–Crippen LogP) is 4.81. The predicted molar refractivity (Wildman–Crippen MR) is 106 cm³/mol. The maximum absolute atomic E-state index is 14.1.